The van der Waals surface area contributed by atoms with Crippen LogP contribution in [-0.4, -0.2) is 11.9 Å². The average Bonchev–Trinajstić information content (AvgIpc) is 2.79. The van der Waals surface area contributed by atoms with E-state index in [-0.39, 0.29) is 11.9 Å². The van der Waals surface area contributed by atoms with Gasteiger partial charge in [-0.25, -0.2) is 0 Å². The Kier molecular flexibility index (Phi) is 3.89. The van der Waals surface area contributed by atoms with Gasteiger partial charge in [0.2, 0.25) is 0 Å². The van der Waals surface area contributed by atoms with Crippen molar-refractivity contribution >= 4 is 33.0 Å². The summed E-state index contributed by atoms with van der Waals surface area (Å²) >= 11 is 1.49. The van der Waals surface area contributed by atoms with E-state index in [0.29, 0.717) is 16.5 Å². The van der Waals surface area contributed by atoms with E-state index >= 15 is 0 Å². The van der Waals surface area contributed by atoms with Gasteiger partial charge in [-0.15, -0.1) is 11.3 Å². The van der Waals surface area contributed by atoms with Gasteiger partial charge in [-0.05, 0) is 37.8 Å². The summed E-state index contributed by atoms with van der Waals surface area (Å²) in [6, 6.07) is 6.45. The molecule has 1 aliphatic rings. The van der Waals surface area contributed by atoms with Crippen LogP contribution in [0.25, 0.3) is 10.1 Å². The van der Waals surface area contributed by atoms with Crippen molar-refractivity contribution in [3.63, 3.8) is 0 Å². The van der Waals surface area contributed by atoms with E-state index in [2.05, 4.69) is 24.4 Å². The van der Waals surface area contributed by atoms with Crippen molar-refractivity contribution in [2.24, 2.45) is 5.92 Å². The maximum Gasteiger partial charge on any atom is 0.263 e. The van der Waals surface area contributed by atoms with Crippen LogP contribution in [0.1, 0.15) is 47.8 Å². The molecule has 1 aliphatic carbocycles. The van der Waals surface area contributed by atoms with Crippen LogP contribution >= 0.6 is 11.3 Å². The SMILES string of the molecule is Cc1ccc2sc(C(=O)NC3CCCCC3C)c(N)c2c1. The third kappa shape index (κ3) is 2.77. The van der Waals surface area contributed by atoms with Crippen LogP contribution in [0.4, 0.5) is 5.69 Å². The Balaban J connectivity index is 1.86. The molecule has 2 atom stereocenters. The molecule has 4 heteroatoms. The van der Waals surface area contributed by atoms with Crippen molar-refractivity contribution in [2.75, 3.05) is 5.73 Å². The topological polar surface area (TPSA) is 55.1 Å². The lowest BCUT2D eigenvalue weighted by molar-refractivity contribution is 0.0915. The van der Waals surface area contributed by atoms with Gasteiger partial charge in [-0.2, -0.15) is 0 Å². The number of nitrogen functional groups attached to an aromatic ring is 1. The fourth-order valence-electron chi connectivity index (χ4n) is 3.16. The first-order valence-electron chi connectivity index (χ1n) is 7.65. The summed E-state index contributed by atoms with van der Waals surface area (Å²) in [5.41, 5.74) is 7.99. The maximum absolute atomic E-state index is 12.6. The molecule has 1 aromatic carbocycles. The molecule has 0 saturated heterocycles. The molecule has 21 heavy (non-hydrogen) atoms. The number of hydrogen-bond acceptors (Lipinski definition) is 3. The smallest absolute Gasteiger partial charge is 0.263 e. The minimum Gasteiger partial charge on any atom is -0.397 e. The normalized spacial score (nSPS) is 22.4. The van der Waals surface area contributed by atoms with Crippen LogP contribution in [-0.2, 0) is 0 Å². The molecule has 3 rings (SSSR count). The van der Waals surface area contributed by atoms with Gasteiger partial charge < -0.3 is 11.1 Å². The Bertz CT molecular complexity index is 677. The molecular weight excluding hydrogens is 280 g/mol. The molecule has 0 radical (unpaired) electrons. The van der Waals surface area contributed by atoms with Crippen LogP contribution in [0.15, 0.2) is 18.2 Å². The lowest BCUT2D eigenvalue weighted by Crippen LogP contribution is -2.40. The van der Waals surface area contributed by atoms with Gasteiger partial charge in [0.25, 0.3) is 5.91 Å². The Hall–Kier alpha value is -1.55. The number of anilines is 1. The van der Waals surface area contributed by atoms with Crippen molar-refractivity contribution in [2.45, 2.75) is 45.6 Å². The first-order valence-corrected chi connectivity index (χ1v) is 8.47. The van der Waals surface area contributed by atoms with Crippen molar-refractivity contribution in [3.05, 3.63) is 28.6 Å². The van der Waals surface area contributed by atoms with Gasteiger partial charge in [-0.1, -0.05) is 31.4 Å². The highest BCUT2D eigenvalue weighted by Gasteiger charge is 2.25. The second-order valence-corrected chi connectivity index (χ2v) is 7.24. The van der Waals surface area contributed by atoms with Gasteiger partial charge in [-0.3, -0.25) is 4.79 Å². The number of nitrogens with one attached hydrogen (secondary N) is 1. The molecule has 0 spiro atoms. The molecule has 3 nitrogen and oxygen atoms in total. The summed E-state index contributed by atoms with van der Waals surface area (Å²) < 4.78 is 1.08. The van der Waals surface area contributed by atoms with Crippen LogP contribution in [0, 0.1) is 12.8 Å². The zero-order valence-corrected chi connectivity index (χ0v) is 13.4. The molecule has 2 unspecified atom stereocenters. The van der Waals surface area contributed by atoms with Gasteiger partial charge in [0.05, 0.1) is 5.69 Å². The molecule has 1 fully saturated rings. The predicted molar refractivity (Wildman–Crippen MR) is 89.9 cm³/mol. The lowest BCUT2D eigenvalue weighted by atomic mass is 9.86. The van der Waals surface area contributed by atoms with E-state index in [4.69, 9.17) is 5.73 Å². The molecular formula is C17H22N2OS. The first-order chi connectivity index (χ1) is 10.1. The molecule has 2 aromatic rings. The number of aryl methyl sites for hydroxylation is 1. The molecule has 1 amide bonds. The second-order valence-electron chi connectivity index (χ2n) is 6.19. The van der Waals surface area contributed by atoms with Gasteiger partial charge in [0.15, 0.2) is 0 Å². The fraction of sp³-hybridized carbons (Fsp3) is 0.471. The minimum absolute atomic E-state index is 0.00916. The highest BCUT2D eigenvalue weighted by Crippen LogP contribution is 2.34. The molecule has 0 aliphatic heterocycles. The van der Waals surface area contributed by atoms with Crippen LogP contribution in [0.2, 0.25) is 0 Å². The molecule has 1 saturated carbocycles. The van der Waals surface area contributed by atoms with E-state index in [1.165, 1.54) is 36.2 Å². The number of amides is 1. The zero-order chi connectivity index (χ0) is 15.0. The number of fused-ring (bicyclic) bond motifs is 1. The number of carbonyl (C=O) groups is 1. The van der Waals surface area contributed by atoms with Crippen LogP contribution < -0.4 is 11.1 Å². The number of rotatable bonds is 2. The molecule has 3 N–H and O–H groups in total. The van der Waals surface area contributed by atoms with Crippen molar-refractivity contribution < 1.29 is 4.79 Å². The predicted octanol–water partition coefficient (Wildman–Crippen LogP) is 4.10. The lowest BCUT2D eigenvalue weighted by Gasteiger charge is -2.29. The number of carbonyl (C=O) groups excluding carboxylic acids is 1. The summed E-state index contributed by atoms with van der Waals surface area (Å²) in [7, 11) is 0. The van der Waals surface area contributed by atoms with E-state index in [0.717, 1.165) is 16.5 Å². The Morgan fingerprint density at radius 2 is 2.10 bits per heavy atom. The Morgan fingerprint density at radius 3 is 2.86 bits per heavy atom. The summed E-state index contributed by atoms with van der Waals surface area (Å²) in [5.74, 6) is 0.547. The zero-order valence-electron chi connectivity index (χ0n) is 12.6. The summed E-state index contributed by atoms with van der Waals surface area (Å²) in [6.07, 6.45) is 4.76. The largest absolute Gasteiger partial charge is 0.397 e. The highest BCUT2D eigenvalue weighted by atomic mass is 32.1. The molecule has 1 aromatic heterocycles. The second kappa shape index (κ2) is 5.68. The number of nitrogens with two attached hydrogens (primary N) is 1. The van der Waals surface area contributed by atoms with E-state index in [1.807, 2.05) is 13.0 Å². The van der Waals surface area contributed by atoms with Gasteiger partial charge in [0.1, 0.15) is 4.88 Å². The first kappa shape index (κ1) is 14.4. The number of thiophene rings is 1. The monoisotopic (exact) mass is 302 g/mol. The summed E-state index contributed by atoms with van der Waals surface area (Å²) in [5, 5.41) is 4.19. The van der Waals surface area contributed by atoms with Gasteiger partial charge >= 0.3 is 0 Å². The Labute approximate surface area is 129 Å². The third-order valence-corrected chi connectivity index (χ3v) is 5.70. The van der Waals surface area contributed by atoms with Crippen LogP contribution in [0.3, 0.4) is 0 Å². The number of hydrogen-bond donors (Lipinski definition) is 2. The standard InChI is InChI=1S/C17H22N2OS/c1-10-7-8-14-12(9-10)15(18)16(21-14)17(20)19-13-6-4-3-5-11(13)2/h7-9,11,13H,3-6,18H2,1-2H3,(H,19,20). The van der Waals surface area contributed by atoms with Crippen LogP contribution in [0.5, 0.6) is 0 Å². The number of benzene rings is 1. The quantitative estimate of drug-likeness (QED) is 0.877. The van der Waals surface area contributed by atoms with E-state index in [9.17, 15) is 4.79 Å². The highest BCUT2D eigenvalue weighted by molar-refractivity contribution is 7.21. The third-order valence-electron chi connectivity index (χ3n) is 4.52. The van der Waals surface area contributed by atoms with Crippen molar-refractivity contribution in [1.82, 2.24) is 5.32 Å². The van der Waals surface area contributed by atoms with E-state index < -0.39 is 0 Å². The summed E-state index contributed by atoms with van der Waals surface area (Å²) in [6.45, 7) is 4.27. The van der Waals surface area contributed by atoms with Gasteiger partial charge in [0, 0.05) is 16.1 Å². The van der Waals surface area contributed by atoms with E-state index in [1.54, 1.807) is 0 Å². The molecule has 0 bridgehead atoms. The maximum atomic E-state index is 12.6. The fourth-order valence-corrected chi connectivity index (χ4v) is 4.17. The minimum atomic E-state index is -0.00916. The Morgan fingerprint density at radius 1 is 1.33 bits per heavy atom. The molecule has 1 heterocycles. The molecule has 112 valence electrons. The summed E-state index contributed by atoms with van der Waals surface area (Å²) in [4.78, 5) is 13.2. The van der Waals surface area contributed by atoms with Crippen molar-refractivity contribution in [1.29, 1.82) is 0 Å². The average molecular weight is 302 g/mol. The van der Waals surface area contributed by atoms with Crippen molar-refractivity contribution in [3.8, 4) is 0 Å².